The van der Waals surface area contributed by atoms with E-state index in [2.05, 4.69) is 15.5 Å². The summed E-state index contributed by atoms with van der Waals surface area (Å²) in [4.78, 5) is 22.9. The van der Waals surface area contributed by atoms with Crippen molar-refractivity contribution in [1.29, 1.82) is 0 Å². The first kappa shape index (κ1) is 16.9. The van der Waals surface area contributed by atoms with Crippen LogP contribution in [-0.4, -0.2) is 37.7 Å². The molecule has 2 heterocycles. The molecular weight excluding hydrogens is 342 g/mol. The third kappa shape index (κ3) is 4.32. The first-order valence-electron chi connectivity index (χ1n) is 7.56. The van der Waals surface area contributed by atoms with Crippen LogP contribution in [0, 0.1) is 10.1 Å². The number of benzene rings is 1. The molecule has 0 bridgehead atoms. The Balaban J connectivity index is 1.44. The smallest absolute Gasteiger partial charge is 0.269 e. The van der Waals surface area contributed by atoms with Crippen LogP contribution in [0.5, 0.6) is 0 Å². The van der Waals surface area contributed by atoms with Crippen LogP contribution in [0.15, 0.2) is 53.6 Å². The van der Waals surface area contributed by atoms with Crippen molar-refractivity contribution in [3.05, 3.63) is 64.6 Å². The minimum Gasteiger partial charge on any atom is -0.355 e. The van der Waals surface area contributed by atoms with Gasteiger partial charge in [-0.25, -0.2) is 0 Å². The molecule has 0 saturated carbocycles. The molecular formula is C16H15N5O3S. The number of nitro benzene ring substituents is 1. The topological polar surface area (TPSA) is 102 Å². The second-order valence-corrected chi connectivity index (χ2v) is 6.23. The summed E-state index contributed by atoms with van der Waals surface area (Å²) >= 11 is 1.33. The van der Waals surface area contributed by atoms with E-state index in [-0.39, 0.29) is 17.3 Å². The molecule has 0 aliphatic heterocycles. The molecule has 0 spiro atoms. The Bertz CT molecular complexity index is 894. The standard InChI is InChI=1S/C16H15N5O3S/c22-16(11-25-13-6-4-12(5-7-13)21(23)24)17-9-8-15-19-18-14-3-1-2-10-20(14)15/h1-7,10H,8-9,11H2,(H,17,22). The van der Waals surface area contributed by atoms with Crippen LogP contribution in [0.3, 0.4) is 0 Å². The molecule has 3 aromatic rings. The molecule has 3 rings (SSSR count). The van der Waals surface area contributed by atoms with Crippen LogP contribution in [0.4, 0.5) is 5.69 Å². The molecule has 0 aliphatic rings. The van der Waals surface area contributed by atoms with Crippen molar-refractivity contribution >= 4 is 29.0 Å². The number of carbonyl (C=O) groups excluding carboxylic acids is 1. The molecule has 0 radical (unpaired) electrons. The summed E-state index contributed by atoms with van der Waals surface area (Å²) in [6, 6.07) is 11.8. The van der Waals surface area contributed by atoms with Crippen molar-refractivity contribution in [2.45, 2.75) is 11.3 Å². The molecule has 1 amide bonds. The highest BCUT2D eigenvalue weighted by Gasteiger charge is 2.08. The van der Waals surface area contributed by atoms with Crippen LogP contribution in [0.2, 0.25) is 0 Å². The van der Waals surface area contributed by atoms with Gasteiger partial charge < -0.3 is 5.32 Å². The van der Waals surface area contributed by atoms with Gasteiger partial charge in [-0.15, -0.1) is 22.0 Å². The van der Waals surface area contributed by atoms with Gasteiger partial charge in [0.25, 0.3) is 5.69 Å². The van der Waals surface area contributed by atoms with Crippen LogP contribution >= 0.6 is 11.8 Å². The van der Waals surface area contributed by atoms with Crippen LogP contribution in [-0.2, 0) is 11.2 Å². The van der Waals surface area contributed by atoms with Gasteiger partial charge in [0, 0.05) is 36.2 Å². The van der Waals surface area contributed by atoms with Crippen LogP contribution in [0.1, 0.15) is 5.82 Å². The second kappa shape index (κ2) is 7.75. The van der Waals surface area contributed by atoms with Gasteiger partial charge in [-0.2, -0.15) is 0 Å². The molecule has 0 atom stereocenters. The number of aromatic nitrogens is 3. The summed E-state index contributed by atoms with van der Waals surface area (Å²) in [5.41, 5.74) is 0.812. The number of nitro groups is 1. The lowest BCUT2D eigenvalue weighted by Gasteiger charge is -2.05. The average molecular weight is 357 g/mol. The predicted octanol–water partition coefficient (Wildman–Crippen LogP) is 2.09. The third-order valence-corrected chi connectivity index (χ3v) is 4.48. The normalized spacial score (nSPS) is 10.7. The molecule has 128 valence electrons. The molecule has 8 nitrogen and oxygen atoms in total. The quantitative estimate of drug-likeness (QED) is 0.395. The summed E-state index contributed by atoms with van der Waals surface area (Å²) in [5, 5.41) is 21.6. The predicted molar refractivity (Wildman–Crippen MR) is 93.5 cm³/mol. The van der Waals surface area contributed by atoms with Gasteiger partial charge in [0.15, 0.2) is 5.65 Å². The number of hydrogen-bond acceptors (Lipinski definition) is 6. The van der Waals surface area contributed by atoms with Crippen molar-refractivity contribution in [2.75, 3.05) is 12.3 Å². The Kier molecular flexibility index (Phi) is 5.24. The highest BCUT2D eigenvalue weighted by Crippen LogP contribution is 2.20. The zero-order valence-electron chi connectivity index (χ0n) is 13.2. The van der Waals surface area contributed by atoms with Crippen LogP contribution in [0.25, 0.3) is 5.65 Å². The molecule has 0 fully saturated rings. The fourth-order valence-corrected chi connectivity index (χ4v) is 2.97. The summed E-state index contributed by atoms with van der Waals surface area (Å²) in [7, 11) is 0. The Labute approximate surface area is 147 Å². The van der Waals surface area contributed by atoms with E-state index in [1.54, 1.807) is 12.1 Å². The number of thioether (sulfide) groups is 1. The van der Waals surface area contributed by atoms with Crippen molar-refractivity contribution < 1.29 is 9.72 Å². The molecule has 1 aromatic carbocycles. The van der Waals surface area contributed by atoms with E-state index in [9.17, 15) is 14.9 Å². The third-order valence-electron chi connectivity index (χ3n) is 3.47. The molecule has 0 saturated heterocycles. The maximum Gasteiger partial charge on any atom is 0.269 e. The fraction of sp³-hybridized carbons (Fsp3) is 0.188. The van der Waals surface area contributed by atoms with E-state index < -0.39 is 4.92 Å². The van der Waals surface area contributed by atoms with E-state index >= 15 is 0 Å². The summed E-state index contributed by atoms with van der Waals surface area (Å²) in [5.74, 6) is 0.939. The molecule has 0 aliphatic carbocycles. The van der Waals surface area contributed by atoms with Gasteiger partial charge in [-0.1, -0.05) is 6.07 Å². The summed E-state index contributed by atoms with van der Waals surface area (Å²) in [6.07, 6.45) is 2.47. The van der Waals surface area contributed by atoms with E-state index in [4.69, 9.17) is 0 Å². The number of nitrogens with zero attached hydrogens (tertiary/aromatic N) is 4. The second-order valence-electron chi connectivity index (χ2n) is 5.18. The Hall–Kier alpha value is -2.94. The lowest BCUT2D eigenvalue weighted by molar-refractivity contribution is -0.384. The lowest BCUT2D eigenvalue weighted by Crippen LogP contribution is -2.27. The summed E-state index contributed by atoms with van der Waals surface area (Å²) < 4.78 is 1.89. The van der Waals surface area contributed by atoms with E-state index in [1.807, 2.05) is 28.8 Å². The SMILES string of the molecule is O=C(CSc1ccc([N+](=O)[O-])cc1)NCCc1nnc2ccccn12. The van der Waals surface area contributed by atoms with Gasteiger partial charge in [-0.3, -0.25) is 19.3 Å². The Morgan fingerprint density at radius 3 is 2.76 bits per heavy atom. The van der Waals surface area contributed by atoms with E-state index in [0.717, 1.165) is 16.4 Å². The number of fused-ring (bicyclic) bond motifs is 1. The van der Waals surface area contributed by atoms with Crippen molar-refractivity contribution in [3.8, 4) is 0 Å². The average Bonchev–Trinajstić information content (AvgIpc) is 3.04. The first-order chi connectivity index (χ1) is 12.1. The number of carbonyl (C=O) groups is 1. The van der Waals surface area contributed by atoms with Gasteiger partial charge in [0.2, 0.25) is 5.91 Å². The van der Waals surface area contributed by atoms with Gasteiger partial charge >= 0.3 is 0 Å². The number of amides is 1. The van der Waals surface area contributed by atoms with Crippen molar-refractivity contribution in [3.63, 3.8) is 0 Å². The number of non-ortho nitro benzene ring substituents is 1. The number of nitrogens with one attached hydrogen (secondary N) is 1. The largest absolute Gasteiger partial charge is 0.355 e. The Morgan fingerprint density at radius 2 is 2.00 bits per heavy atom. The monoisotopic (exact) mass is 357 g/mol. The van der Waals surface area contributed by atoms with E-state index in [1.165, 1.54) is 23.9 Å². The molecule has 25 heavy (non-hydrogen) atoms. The maximum absolute atomic E-state index is 11.9. The highest BCUT2D eigenvalue weighted by molar-refractivity contribution is 8.00. The fourth-order valence-electron chi connectivity index (χ4n) is 2.24. The van der Waals surface area contributed by atoms with E-state index in [0.29, 0.717) is 13.0 Å². The van der Waals surface area contributed by atoms with Crippen molar-refractivity contribution in [2.24, 2.45) is 0 Å². The molecule has 1 N–H and O–H groups in total. The maximum atomic E-state index is 11.9. The van der Waals surface area contributed by atoms with Crippen LogP contribution < -0.4 is 5.32 Å². The minimum absolute atomic E-state index is 0.0364. The number of hydrogen-bond donors (Lipinski definition) is 1. The first-order valence-corrected chi connectivity index (χ1v) is 8.54. The minimum atomic E-state index is -0.449. The molecule has 0 unspecified atom stereocenters. The van der Waals surface area contributed by atoms with Gasteiger partial charge in [0.1, 0.15) is 5.82 Å². The molecule has 9 heteroatoms. The lowest BCUT2D eigenvalue weighted by atomic mass is 10.3. The zero-order valence-corrected chi connectivity index (χ0v) is 14.0. The van der Waals surface area contributed by atoms with Crippen molar-refractivity contribution in [1.82, 2.24) is 19.9 Å². The zero-order chi connectivity index (χ0) is 17.6. The van der Waals surface area contributed by atoms with Gasteiger partial charge in [0.05, 0.1) is 10.7 Å². The summed E-state index contributed by atoms with van der Waals surface area (Å²) in [6.45, 7) is 0.468. The number of rotatable bonds is 7. The Morgan fingerprint density at radius 1 is 1.20 bits per heavy atom. The van der Waals surface area contributed by atoms with Gasteiger partial charge in [-0.05, 0) is 24.3 Å². The number of pyridine rings is 1. The highest BCUT2D eigenvalue weighted by atomic mass is 32.2. The molecule has 2 aromatic heterocycles.